The van der Waals surface area contributed by atoms with Gasteiger partial charge in [0.15, 0.2) is 15.0 Å². The van der Waals surface area contributed by atoms with Crippen molar-refractivity contribution < 1.29 is 13.2 Å². The van der Waals surface area contributed by atoms with Crippen molar-refractivity contribution in [2.45, 2.75) is 43.5 Å². The largest absolute Gasteiger partial charge is 0.298 e. The van der Waals surface area contributed by atoms with Crippen LogP contribution >= 0.6 is 23.7 Å². The second kappa shape index (κ2) is 10.1. The Balaban J connectivity index is 0.00000289. The van der Waals surface area contributed by atoms with Crippen LogP contribution in [0.2, 0.25) is 0 Å². The van der Waals surface area contributed by atoms with Crippen molar-refractivity contribution in [1.29, 1.82) is 0 Å². The van der Waals surface area contributed by atoms with Crippen LogP contribution in [-0.4, -0.2) is 36.0 Å². The van der Waals surface area contributed by atoms with Crippen molar-refractivity contribution >= 4 is 44.6 Å². The highest BCUT2D eigenvalue weighted by molar-refractivity contribution is 7.92. The molecule has 1 amide bonds. The maximum atomic E-state index is 12.6. The summed E-state index contributed by atoms with van der Waals surface area (Å²) >= 11 is 1.50. The second-order valence-corrected chi connectivity index (χ2v) is 11.5. The maximum Gasteiger partial charge on any atom is 0.257 e. The van der Waals surface area contributed by atoms with Gasteiger partial charge in [-0.25, -0.2) is 13.4 Å². The number of fused-ring (bicyclic) bond motifs is 1. The van der Waals surface area contributed by atoms with E-state index < -0.39 is 15.1 Å². The van der Waals surface area contributed by atoms with Crippen LogP contribution in [-0.2, 0) is 29.3 Å². The lowest BCUT2D eigenvalue weighted by atomic mass is 10.1. The van der Waals surface area contributed by atoms with E-state index in [1.54, 1.807) is 26.0 Å². The SMILES string of the molecule is CC(C)S(=O)(=O)c1ccc(C(=O)Nc2nc3c(s2)CN(Cc2ccccc2)CC3)cc1.Cl. The van der Waals surface area contributed by atoms with E-state index >= 15 is 0 Å². The quantitative estimate of drug-likeness (QED) is 0.547. The minimum Gasteiger partial charge on any atom is -0.298 e. The first-order chi connectivity index (χ1) is 14.8. The highest BCUT2D eigenvalue weighted by atomic mass is 35.5. The first-order valence-corrected chi connectivity index (χ1v) is 12.6. The normalized spacial score (nSPS) is 14.0. The number of hydrogen-bond donors (Lipinski definition) is 1. The molecule has 0 atom stereocenters. The van der Waals surface area contributed by atoms with Crippen LogP contribution in [0.1, 0.15) is 40.3 Å². The highest BCUT2D eigenvalue weighted by Crippen LogP contribution is 2.29. The molecule has 0 fully saturated rings. The Morgan fingerprint density at radius 2 is 1.81 bits per heavy atom. The van der Waals surface area contributed by atoms with Gasteiger partial charge in [0.1, 0.15) is 0 Å². The zero-order chi connectivity index (χ0) is 22.0. The molecule has 2 heterocycles. The standard InChI is InChI=1S/C23H25N3O3S2.ClH/c1-16(2)31(28,29)19-10-8-18(9-11-19)22(27)25-23-24-20-12-13-26(15-21(20)30-23)14-17-6-4-3-5-7-17;/h3-11,16H,12-15H2,1-2H3,(H,24,25,27);1H. The summed E-state index contributed by atoms with van der Waals surface area (Å²) in [5, 5.41) is 2.94. The van der Waals surface area contributed by atoms with Crippen molar-refractivity contribution in [3.63, 3.8) is 0 Å². The van der Waals surface area contributed by atoms with Crippen molar-refractivity contribution in [1.82, 2.24) is 9.88 Å². The summed E-state index contributed by atoms with van der Waals surface area (Å²) in [4.78, 5) is 21.0. The molecule has 0 aliphatic carbocycles. The van der Waals surface area contributed by atoms with Crippen LogP contribution < -0.4 is 5.32 Å². The third-order valence-corrected chi connectivity index (χ3v) is 8.51. The number of anilines is 1. The molecule has 170 valence electrons. The molecular formula is C23H26ClN3O3S2. The Labute approximate surface area is 199 Å². The number of thiazole rings is 1. The first kappa shape index (κ1) is 24.4. The van der Waals surface area contributed by atoms with Gasteiger partial charge in [-0.15, -0.1) is 23.7 Å². The lowest BCUT2D eigenvalue weighted by Crippen LogP contribution is -2.29. The van der Waals surface area contributed by atoms with E-state index in [1.165, 1.54) is 33.9 Å². The van der Waals surface area contributed by atoms with E-state index in [9.17, 15) is 13.2 Å². The molecule has 1 aromatic heterocycles. The molecule has 32 heavy (non-hydrogen) atoms. The molecule has 1 N–H and O–H groups in total. The van der Waals surface area contributed by atoms with Gasteiger partial charge in [-0.05, 0) is 43.7 Å². The molecule has 0 bridgehead atoms. The molecule has 3 aromatic rings. The van der Waals surface area contributed by atoms with Gasteiger partial charge in [-0.1, -0.05) is 30.3 Å². The Hall–Kier alpha value is -2.26. The third kappa shape index (κ3) is 5.38. The monoisotopic (exact) mass is 491 g/mol. The zero-order valence-corrected chi connectivity index (χ0v) is 20.4. The average molecular weight is 492 g/mol. The molecule has 0 unspecified atom stereocenters. The van der Waals surface area contributed by atoms with E-state index in [2.05, 4.69) is 39.5 Å². The Kier molecular flexibility index (Phi) is 7.71. The maximum absolute atomic E-state index is 12.6. The smallest absolute Gasteiger partial charge is 0.257 e. The summed E-state index contributed by atoms with van der Waals surface area (Å²) in [6.07, 6.45) is 0.857. The van der Waals surface area contributed by atoms with Crippen LogP contribution in [0.5, 0.6) is 0 Å². The predicted molar refractivity (Wildman–Crippen MR) is 130 cm³/mol. The number of carbonyl (C=O) groups excluding carboxylic acids is 1. The van der Waals surface area contributed by atoms with Crippen molar-refractivity contribution in [3.05, 3.63) is 76.3 Å². The van der Waals surface area contributed by atoms with Gasteiger partial charge in [0.05, 0.1) is 15.8 Å². The minimum atomic E-state index is -3.35. The molecule has 0 radical (unpaired) electrons. The minimum absolute atomic E-state index is 0. The molecule has 0 saturated heterocycles. The summed E-state index contributed by atoms with van der Waals surface area (Å²) in [5.41, 5.74) is 2.73. The molecule has 6 nitrogen and oxygen atoms in total. The second-order valence-electron chi connectivity index (χ2n) is 7.91. The average Bonchev–Trinajstić information content (AvgIpc) is 3.16. The van der Waals surface area contributed by atoms with Gasteiger partial charge < -0.3 is 0 Å². The highest BCUT2D eigenvalue weighted by Gasteiger charge is 2.22. The molecule has 2 aromatic carbocycles. The zero-order valence-electron chi connectivity index (χ0n) is 17.9. The molecule has 1 aliphatic rings. The van der Waals surface area contributed by atoms with Crippen LogP contribution in [0.4, 0.5) is 5.13 Å². The first-order valence-electron chi connectivity index (χ1n) is 10.2. The molecule has 4 rings (SSSR count). The van der Waals surface area contributed by atoms with E-state index in [0.29, 0.717) is 10.7 Å². The molecule has 0 spiro atoms. The number of rotatable bonds is 6. The lowest BCUT2D eigenvalue weighted by molar-refractivity contribution is 0.102. The number of hydrogen-bond acceptors (Lipinski definition) is 6. The molecule has 9 heteroatoms. The summed E-state index contributed by atoms with van der Waals surface area (Å²) in [5.74, 6) is -0.291. The van der Waals surface area contributed by atoms with Gasteiger partial charge in [0.2, 0.25) is 0 Å². The summed E-state index contributed by atoms with van der Waals surface area (Å²) in [7, 11) is -3.35. The predicted octanol–water partition coefficient (Wildman–Crippen LogP) is 4.56. The Bertz CT molecular complexity index is 1180. The number of sulfone groups is 1. The number of nitrogens with zero attached hydrogens (tertiary/aromatic N) is 2. The van der Waals surface area contributed by atoms with Gasteiger partial charge >= 0.3 is 0 Å². The number of halogens is 1. The van der Waals surface area contributed by atoms with Gasteiger partial charge in [-0.2, -0.15) is 0 Å². The topological polar surface area (TPSA) is 79.4 Å². The fourth-order valence-electron chi connectivity index (χ4n) is 3.52. The Morgan fingerprint density at radius 3 is 2.47 bits per heavy atom. The van der Waals surface area contributed by atoms with E-state index in [-0.39, 0.29) is 23.2 Å². The fourth-order valence-corrected chi connectivity index (χ4v) is 5.62. The van der Waals surface area contributed by atoms with Gasteiger partial charge in [0.25, 0.3) is 5.91 Å². The summed E-state index contributed by atoms with van der Waals surface area (Å²) in [6, 6.07) is 16.4. The number of amides is 1. The molecular weight excluding hydrogens is 466 g/mol. The number of benzene rings is 2. The number of carbonyl (C=O) groups is 1. The molecule has 0 saturated carbocycles. The number of aromatic nitrogens is 1. The molecule has 1 aliphatic heterocycles. The van der Waals surface area contributed by atoms with Crippen LogP contribution in [0.25, 0.3) is 0 Å². The van der Waals surface area contributed by atoms with E-state index in [1.807, 2.05) is 6.07 Å². The van der Waals surface area contributed by atoms with Gasteiger partial charge in [-0.3, -0.25) is 15.0 Å². The van der Waals surface area contributed by atoms with E-state index in [4.69, 9.17) is 0 Å². The summed E-state index contributed by atoms with van der Waals surface area (Å²) < 4.78 is 24.5. The van der Waals surface area contributed by atoms with E-state index in [0.717, 1.165) is 31.7 Å². The van der Waals surface area contributed by atoms with Crippen molar-refractivity contribution in [2.24, 2.45) is 0 Å². The van der Waals surface area contributed by atoms with Crippen LogP contribution in [0.15, 0.2) is 59.5 Å². The van der Waals surface area contributed by atoms with Crippen LogP contribution in [0.3, 0.4) is 0 Å². The van der Waals surface area contributed by atoms with Crippen molar-refractivity contribution in [2.75, 3.05) is 11.9 Å². The number of nitrogens with one attached hydrogen (secondary N) is 1. The third-order valence-electron chi connectivity index (χ3n) is 5.35. The van der Waals surface area contributed by atoms with Crippen LogP contribution in [0, 0.1) is 0 Å². The lowest BCUT2D eigenvalue weighted by Gasteiger charge is -2.25. The van der Waals surface area contributed by atoms with Crippen molar-refractivity contribution in [3.8, 4) is 0 Å². The Morgan fingerprint density at radius 1 is 1.12 bits per heavy atom. The fraction of sp³-hybridized carbons (Fsp3) is 0.304. The summed E-state index contributed by atoms with van der Waals surface area (Å²) in [6.45, 7) is 5.93. The van der Waals surface area contributed by atoms with Gasteiger partial charge in [0, 0.05) is 36.5 Å².